The van der Waals surface area contributed by atoms with Crippen LogP contribution in [0.4, 0.5) is 4.39 Å². The van der Waals surface area contributed by atoms with Crippen LogP contribution in [0.25, 0.3) is 0 Å². The fourth-order valence-electron chi connectivity index (χ4n) is 4.11. The van der Waals surface area contributed by atoms with Crippen molar-refractivity contribution in [2.24, 2.45) is 0 Å². The molecule has 1 heterocycles. The number of piperazine rings is 1. The summed E-state index contributed by atoms with van der Waals surface area (Å²) in [5.74, 6) is 3.09. The third-order valence-corrected chi connectivity index (χ3v) is 5.90. The van der Waals surface area contributed by atoms with Crippen molar-refractivity contribution in [3.63, 3.8) is 0 Å². The number of Topliss-reactive ketones (excluding diaryl/α,β-unsaturated/α-hetero) is 1. The number of rotatable bonds is 6. The van der Waals surface area contributed by atoms with Crippen LogP contribution >= 0.6 is 0 Å². The number of terminal acetylenes is 1. The van der Waals surface area contributed by atoms with E-state index in [-0.39, 0.29) is 11.6 Å². The fraction of sp³-hybridized carbons (Fsp3) is 0.344. The highest BCUT2D eigenvalue weighted by Gasteiger charge is 2.15. The molecule has 0 spiro atoms. The lowest BCUT2D eigenvalue weighted by molar-refractivity contribution is 0.101. The first kappa shape index (κ1) is 29.8. The van der Waals surface area contributed by atoms with Gasteiger partial charge in [-0.3, -0.25) is 9.69 Å². The maximum absolute atomic E-state index is 13.0. The van der Waals surface area contributed by atoms with Gasteiger partial charge in [0, 0.05) is 37.8 Å². The molecule has 0 amide bonds. The van der Waals surface area contributed by atoms with E-state index in [2.05, 4.69) is 41.6 Å². The van der Waals surface area contributed by atoms with E-state index in [1.54, 1.807) is 33.1 Å². The Bertz CT molecular complexity index is 1130. The highest BCUT2D eigenvalue weighted by Crippen LogP contribution is 2.18. The average molecular weight is 503 g/mol. The minimum absolute atomic E-state index is 0.104. The molecule has 196 valence electrons. The van der Waals surface area contributed by atoms with Crippen LogP contribution in [-0.4, -0.2) is 43.5 Å². The first-order valence-electron chi connectivity index (χ1n) is 12.6. The van der Waals surface area contributed by atoms with Gasteiger partial charge in [-0.15, -0.1) is 12.3 Å². The van der Waals surface area contributed by atoms with Gasteiger partial charge in [0.25, 0.3) is 0 Å². The van der Waals surface area contributed by atoms with Crippen molar-refractivity contribution in [3.05, 3.63) is 107 Å². The van der Waals surface area contributed by atoms with Crippen molar-refractivity contribution in [2.75, 3.05) is 26.7 Å². The Balaban J connectivity index is 0.000000240. The normalized spacial score (nSPS) is 16.9. The monoisotopic (exact) mass is 502 g/mol. The fourth-order valence-corrected chi connectivity index (χ4v) is 4.11. The number of hydrogen-bond donors (Lipinski definition) is 1. The smallest absolute Gasteiger partial charge is 0.159 e. The van der Waals surface area contributed by atoms with Crippen molar-refractivity contribution >= 4 is 5.78 Å². The quantitative estimate of drug-likeness (QED) is 0.382. The highest BCUT2D eigenvalue weighted by atomic mass is 19.1. The lowest BCUT2D eigenvalue weighted by Crippen LogP contribution is -2.48. The van der Waals surface area contributed by atoms with Crippen molar-refractivity contribution in [2.45, 2.75) is 46.2 Å². The zero-order valence-corrected chi connectivity index (χ0v) is 22.5. The Morgan fingerprint density at radius 1 is 1.22 bits per heavy atom. The first-order chi connectivity index (χ1) is 17.8. The topological polar surface area (TPSA) is 41.6 Å². The summed E-state index contributed by atoms with van der Waals surface area (Å²) >= 11 is 0. The number of ether oxygens (including phenoxy) is 1. The van der Waals surface area contributed by atoms with Crippen LogP contribution in [0, 0.1) is 18.2 Å². The molecule has 4 nitrogen and oxygen atoms in total. The van der Waals surface area contributed by atoms with Crippen molar-refractivity contribution < 1.29 is 13.9 Å². The summed E-state index contributed by atoms with van der Waals surface area (Å²) < 4.78 is 18.2. The van der Waals surface area contributed by atoms with E-state index in [9.17, 15) is 9.18 Å². The number of halogens is 1. The Kier molecular flexibility index (Phi) is 13.1. The second-order valence-corrected chi connectivity index (χ2v) is 9.15. The zero-order chi connectivity index (χ0) is 27.0. The Morgan fingerprint density at radius 3 is 2.57 bits per heavy atom. The predicted molar refractivity (Wildman–Crippen MR) is 151 cm³/mol. The molecule has 4 rings (SSSR count). The summed E-state index contributed by atoms with van der Waals surface area (Å²) in [4.78, 5) is 13.6. The molecule has 0 bridgehead atoms. The second kappa shape index (κ2) is 16.3. The maximum atomic E-state index is 13.0. The molecule has 1 aliphatic heterocycles. The molecule has 1 atom stereocenters. The summed E-state index contributed by atoms with van der Waals surface area (Å²) in [6, 6.07) is 15.2. The van der Waals surface area contributed by atoms with Crippen LogP contribution in [0.5, 0.6) is 0 Å². The van der Waals surface area contributed by atoms with Gasteiger partial charge in [-0.1, -0.05) is 54.1 Å². The largest absolute Gasteiger partial charge is 0.497 e. The molecule has 2 aromatic rings. The van der Waals surface area contributed by atoms with Gasteiger partial charge in [-0.05, 0) is 69.0 Å². The molecule has 0 aromatic heterocycles. The summed E-state index contributed by atoms with van der Waals surface area (Å²) in [7, 11) is 1.68. The van der Waals surface area contributed by atoms with E-state index in [4.69, 9.17) is 4.74 Å². The molecular formula is C32H39FN2O2. The molecule has 2 aliphatic rings. The van der Waals surface area contributed by atoms with Crippen molar-refractivity contribution in [1.29, 1.82) is 0 Å². The molecule has 2 aromatic carbocycles. The Hall–Kier alpha value is -3.46. The minimum atomic E-state index is -0.143. The molecule has 0 unspecified atom stereocenters. The van der Waals surface area contributed by atoms with Gasteiger partial charge in [0.1, 0.15) is 11.6 Å². The van der Waals surface area contributed by atoms with Gasteiger partial charge in [0.2, 0.25) is 0 Å². The standard InChI is InChI=1S/C17H18O2.C12H17FN2.C3H4/c1-13(18)16-9-7-14(8-10-16)11-15-5-3-4-6-17(12-15)19-2;1-10-8-15(6-5-14-10)9-11-3-2-4-12(13)7-11;1-3-2/h3-4,6-10,12H,5,11H2,1-2H3;2-4,7,10,14H,5-6,8-9H2,1H3;1H,2H3/t;10-;/m.0./s1. The first-order valence-corrected chi connectivity index (χ1v) is 12.6. The van der Waals surface area contributed by atoms with Crippen LogP contribution in [0.1, 0.15) is 48.7 Å². The SMILES string of the molecule is C#CC.COC1=CC=CCC(Cc2ccc(C(C)=O)cc2)=C1.C[C@H]1CN(Cc2cccc(F)c2)CCN1. The maximum Gasteiger partial charge on any atom is 0.159 e. The molecule has 1 fully saturated rings. The molecule has 0 radical (unpaired) electrons. The van der Waals surface area contributed by atoms with E-state index in [0.29, 0.717) is 6.04 Å². The number of hydrogen-bond acceptors (Lipinski definition) is 4. The van der Waals surface area contributed by atoms with Gasteiger partial charge in [0.05, 0.1) is 7.11 Å². The van der Waals surface area contributed by atoms with Gasteiger partial charge < -0.3 is 10.1 Å². The van der Waals surface area contributed by atoms with Crippen molar-refractivity contribution in [3.8, 4) is 12.3 Å². The van der Waals surface area contributed by atoms with Gasteiger partial charge >= 0.3 is 0 Å². The summed E-state index contributed by atoms with van der Waals surface area (Å²) in [6.07, 6.45) is 14.6. The third kappa shape index (κ3) is 11.4. The summed E-state index contributed by atoms with van der Waals surface area (Å²) in [5.41, 5.74) is 4.33. The molecule has 0 saturated carbocycles. The molecule has 5 heteroatoms. The van der Waals surface area contributed by atoms with Gasteiger partial charge in [0.15, 0.2) is 5.78 Å². The zero-order valence-electron chi connectivity index (χ0n) is 22.5. The van der Waals surface area contributed by atoms with Crippen molar-refractivity contribution in [1.82, 2.24) is 10.2 Å². The molecule has 37 heavy (non-hydrogen) atoms. The minimum Gasteiger partial charge on any atom is -0.497 e. The Morgan fingerprint density at radius 2 is 1.95 bits per heavy atom. The number of carbonyl (C=O) groups is 1. The van der Waals surface area contributed by atoms with E-state index in [1.165, 1.54) is 17.2 Å². The second-order valence-electron chi connectivity index (χ2n) is 9.15. The van der Waals surface area contributed by atoms with Crippen LogP contribution in [0.3, 0.4) is 0 Å². The van der Waals surface area contributed by atoms with Gasteiger partial charge in [-0.2, -0.15) is 0 Å². The summed E-state index contributed by atoms with van der Waals surface area (Å²) in [5, 5.41) is 3.39. The lowest BCUT2D eigenvalue weighted by Gasteiger charge is -2.31. The average Bonchev–Trinajstić information content (AvgIpc) is 3.10. The summed E-state index contributed by atoms with van der Waals surface area (Å²) in [6.45, 7) is 9.37. The van der Waals surface area contributed by atoms with Crippen LogP contribution in [0.2, 0.25) is 0 Å². The van der Waals surface area contributed by atoms with E-state index < -0.39 is 0 Å². The number of benzene rings is 2. The van der Waals surface area contributed by atoms with Crippen LogP contribution in [0.15, 0.2) is 84.2 Å². The van der Waals surface area contributed by atoms with E-state index >= 15 is 0 Å². The number of nitrogens with one attached hydrogen (secondary N) is 1. The Labute approximate surface area is 221 Å². The highest BCUT2D eigenvalue weighted by molar-refractivity contribution is 5.94. The van der Waals surface area contributed by atoms with E-state index in [0.717, 1.165) is 55.9 Å². The number of methoxy groups -OCH3 is 1. The molecule has 1 saturated heterocycles. The molecular weight excluding hydrogens is 463 g/mol. The third-order valence-electron chi connectivity index (χ3n) is 5.90. The van der Waals surface area contributed by atoms with E-state index in [1.807, 2.05) is 42.5 Å². The van der Waals surface area contributed by atoms with Crippen LogP contribution < -0.4 is 5.32 Å². The number of allylic oxidation sites excluding steroid dienone is 5. The van der Waals surface area contributed by atoms with Crippen LogP contribution in [-0.2, 0) is 17.7 Å². The van der Waals surface area contributed by atoms with Gasteiger partial charge in [-0.25, -0.2) is 4.39 Å². The lowest BCUT2D eigenvalue weighted by atomic mass is 10.0. The predicted octanol–water partition coefficient (Wildman–Crippen LogP) is 6.11. The molecule has 1 aliphatic carbocycles. The number of carbonyl (C=O) groups excluding carboxylic acids is 1. The number of nitrogens with zero attached hydrogens (tertiary/aromatic N) is 1. The molecule has 1 N–H and O–H groups in total. The number of ketones is 1.